The number of aromatic nitrogens is 2. The SMILES string of the molecule is Cl.Nc1cc(F)cnc1N.[N-]=[N+]=Nc1cc(F)cnc1N. The molecule has 0 atom stereocenters. The lowest BCUT2D eigenvalue weighted by Crippen LogP contribution is -1.97. The first-order valence-corrected chi connectivity index (χ1v) is 5.06. The Bertz CT molecular complexity index is 660. The van der Waals surface area contributed by atoms with Gasteiger partial charge in [-0.25, -0.2) is 18.7 Å². The van der Waals surface area contributed by atoms with Crippen LogP contribution >= 0.6 is 12.4 Å². The van der Waals surface area contributed by atoms with Gasteiger partial charge in [0.1, 0.15) is 23.3 Å². The first kappa shape index (κ1) is 18.2. The van der Waals surface area contributed by atoms with Gasteiger partial charge in [0.25, 0.3) is 0 Å². The summed E-state index contributed by atoms with van der Waals surface area (Å²) in [4.78, 5) is 9.34. The molecule has 0 fully saturated rings. The summed E-state index contributed by atoms with van der Waals surface area (Å²) in [6.45, 7) is 0. The van der Waals surface area contributed by atoms with E-state index in [1.807, 2.05) is 0 Å². The second-order valence-corrected chi connectivity index (χ2v) is 3.38. The molecule has 112 valence electrons. The van der Waals surface area contributed by atoms with Gasteiger partial charge in [-0.3, -0.25) is 0 Å². The van der Waals surface area contributed by atoms with Crippen LogP contribution in [0.15, 0.2) is 29.6 Å². The monoisotopic (exact) mass is 316 g/mol. The summed E-state index contributed by atoms with van der Waals surface area (Å²) in [7, 11) is 0. The molecule has 0 saturated heterocycles. The highest BCUT2D eigenvalue weighted by Crippen LogP contribution is 2.19. The third kappa shape index (κ3) is 5.76. The van der Waals surface area contributed by atoms with Gasteiger partial charge in [-0.1, -0.05) is 5.11 Å². The molecule has 0 unspecified atom stereocenters. The van der Waals surface area contributed by atoms with Crippen molar-refractivity contribution >= 4 is 35.4 Å². The summed E-state index contributed by atoms with van der Waals surface area (Å²) in [6.07, 6.45) is 1.97. The molecule has 0 aromatic carbocycles. The molecular formula is C10H11ClF2N8. The van der Waals surface area contributed by atoms with E-state index in [2.05, 4.69) is 20.0 Å². The Hall–Kier alpha value is -2.84. The normalized spacial score (nSPS) is 8.67. The lowest BCUT2D eigenvalue weighted by Gasteiger charge is -1.95. The van der Waals surface area contributed by atoms with Crippen molar-refractivity contribution in [2.24, 2.45) is 5.11 Å². The van der Waals surface area contributed by atoms with E-state index in [4.69, 9.17) is 22.7 Å². The number of nitrogen functional groups attached to an aromatic ring is 3. The Morgan fingerprint density at radius 2 is 1.52 bits per heavy atom. The Morgan fingerprint density at radius 3 is 2.00 bits per heavy atom. The number of pyridine rings is 2. The van der Waals surface area contributed by atoms with Crippen molar-refractivity contribution < 1.29 is 8.78 Å². The quantitative estimate of drug-likeness (QED) is 0.419. The van der Waals surface area contributed by atoms with Crippen molar-refractivity contribution in [3.63, 3.8) is 0 Å². The largest absolute Gasteiger partial charge is 0.396 e. The zero-order valence-electron chi connectivity index (χ0n) is 10.4. The van der Waals surface area contributed by atoms with Crippen LogP contribution in [-0.4, -0.2) is 9.97 Å². The van der Waals surface area contributed by atoms with Gasteiger partial charge in [-0.05, 0) is 11.6 Å². The van der Waals surface area contributed by atoms with Gasteiger partial charge in [-0.2, -0.15) is 0 Å². The van der Waals surface area contributed by atoms with E-state index in [-0.39, 0.29) is 35.4 Å². The Morgan fingerprint density at radius 1 is 1.00 bits per heavy atom. The second kappa shape index (κ2) is 8.35. The summed E-state index contributed by atoms with van der Waals surface area (Å²) < 4.78 is 24.5. The Kier molecular flexibility index (Phi) is 7.22. The minimum Gasteiger partial charge on any atom is -0.396 e. The van der Waals surface area contributed by atoms with Gasteiger partial charge < -0.3 is 17.2 Å². The van der Waals surface area contributed by atoms with Gasteiger partial charge in [0.2, 0.25) is 0 Å². The molecule has 0 aliphatic carbocycles. The molecule has 0 bridgehead atoms. The van der Waals surface area contributed by atoms with Crippen LogP contribution in [0.2, 0.25) is 0 Å². The Balaban J connectivity index is 0.000000370. The summed E-state index contributed by atoms with van der Waals surface area (Å²) in [6, 6.07) is 2.14. The molecule has 2 heterocycles. The number of nitrogens with two attached hydrogens (primary N) is 3. The topological polar surface area (TPSA) is 153 Å². The van der Waals surface area contributed by atoms with E-state index in [9.17, 15) is 8.78 Å². The molecule has 2 rings (SSSR count). The van der Waals surface area contributed by atoms with Crippen molar-refractivity contribution in [1.29, 1.82) is 0 Å². The Labute approximate surface area is 124 Å². The fourth-order valence-electron chi connectivity index (χ4n) is 1.03. The van der Waals surface area contributed by atoms with Crippen molar-refractivity contribution in [1.82, 2.24) is 9.97 Å². The molecule has 0 aliphatic rings. The molecule has 6 N–H and O–H groups in total. The molecule has 11 heteroatoms. The van der Waals surface area contributed by atoms with Crippen LogP contribution in [0.3, 0.4) is 0 Å². The molecule has 0 saturated carbocycles. The highest BCUT2D eigenvalue weighted by molar-refractivity contribution is 5.85. The standard InChI is InChI=1S/C5H4FN5.C5H6FN3.ClH/c6-3-1-4(10-11-8)5(7)9-2-3;6-3-1-4(7)5(8)9-2-3;/h1-2H,(H2,7,9);1-2H,7H2,(H2,8,9);1H. The van der Waals surface area contributed by atoms with Gasteiger partial charge in [0.15, 0.2) is 0 Å². The molecule has 2 aromatic rings. The van der Waals surface area contributed by atoms with E-state index in [0.29, 0.717) is 0 Å². The molecule has 0 radical (unpaired) electrons. The maximum absolute atomic E-state index is 12.4. The lowest BCUT2D eigenvalue weighted by atomic mass is 10.4. The van der Waals surface area contributed by atoms with Crippen LogP contribution < -0.4 is 17.2 Å². The molecule has 0 aliphatic heterocycles. The van der Waals surface area contributed by atoms with Crippen LogP contribution in [0, 0.1) is 11.6 Å². The number of anilines is 3. The zero-order chi connectivity index (χ0) is 15.1. The van der Waals surface area contributed by atoms with E-state index in [1.54, 1.807) is 0 Å². The van der Waals surface area contributed by atoms with E-state index >= 15 is 0 Å². The number of nitrogens with zero attached hydrogens (tertiary/aromatic N) is 5. The van der Waals surface area contributed by atoms with Crippen molar-refractivity contribution in [2.75, 3.05) is 17.2 Å². The first-order chi connectivity index (χ1) is 9.43. The van der Waals surface area contributed by atoms with Crippen molar-refractivity contribution in [3.05, 3.63) is 46.6 Å². The second-order valence-electron chi connectivity index (χ2n) is 3.38. The summed E-state index contributed by atoms with van der Waals surface area (Å²) in [5.74, 6) is -0.871. The van der Waals surface area contributed by atoms with Gasteiger partial charge in [0.05, 0.1) is 23.8 Å². The maximum Gasteiger partial charge on any atom is 0.146 e. The molecule has 0 spiro atoms. The van der Waals surface area contributed by atoms with Crippen LogP contribution in [0.1, 0.15) is 0 Å². The number of halogens is 3. The average Bonchev–Trinajstić information content (AvgIpc) is 2.40. The predicted octanol–water partition coefficient (Wildman–Crippen LogP) is 2.55. The third-order valence-corrected chi connectivity index (χ3v) is 1.93. The highest BCUT2D eigenvalue weighted by atomic mass is 35.5. The molecule has 21 heavy (non-hydrogen) atoms. The highest BCUT2D eigenvalue weighted by Gasteiger charge is 1.98. The summed E-state index contributed by atoms with van der Waals surface area (Å²) in [5.41, 5.74) is 23.8. The van der Waals surface area contributed by atoms with Crippen LogP contribution in [0.25, 0.3) is 10.4 Å². The zero-order valence-corrected chi connectivity index (χ0v) is 11.3. The lowest BCUT2D eigenvalue weighted by molar-refractivity contribution is 0.622. The van der Waals surface area contributed by atoms with Crippen LogP contribution in [0.4, 0.5) is 31.8 Å². The van der Waals surface area contributed by atoms with E-state index in [1.165, 1.54) is 0 Å². The number of rotatable bonds is 1. The molecule has 2 aromatic heterocycles. The fourth-order valence-corrected chi connectivity index (χ4v) is 1.03. The minimum atomic E-state index is -0.582. The first-order valence-electron chi connectivity index (χ1n) is 5.06. The molecule has 8 nitrogen and oxygen atoms in total. The number of hydrogen-bond donors (Lipinski definition) is 3. The minimum absolute atomic E-state index is 0. The molecular weight excluding hydrogens is 306 g/mol. The van der Waals surface area contributed by atoms with E-state index in [0.717, 1.165) is 24.5 Å². The van der Waals surface area contributed by atoms with Crippen LogP contribution in [0.5, 0.6) is 0 Å². The average molecular weight is 317 g/mol. The summed E-state index contributed by atoms with van der Waals surface area (Å²) in [5, 5.41) is 3.12. The van der Waals surface area contributed by atoms with Crippen molar-refractivity contribution in [2.45, 2.75) is 0 Å². The maximum atomic E-state index is 12.4. The van der Waals surface area contributed by atoms with Crippen molar-refractivity contribution in [3.8, 4) is 0 Å². The number of azide groups is 1. The van der Waals surface area contributed by atoms with E-state index < -0.39 is 11.6 Å². The van der Waals surface area contributed by atoms with Gasteiger partial charge in [0, 0.05) is 11.0 Å². The fraction of sp³-hybridized carbons (Fsp3) is 0. The number of hydrogen-bond acceptors (Lipinski definition) is 6. The predicted molar refractivity (Wildman–Crippen MR) is 77.7 cm³/mol. The van der Waals surface area contributed by atoms with Crippen LogP contribution in [-0.2, 0) is 0 Å². The smallest absolute Gasteiger partial charge is 0.146 e. The molecule has 0 amide bonds. The third-order valence-electron chi connectivity index (χ3n) is 1.93. The summed E-state index contributed by atoms with van der Waals surface area (Å²) >= 11 is 0. The van der Waals surface area contributed by atoms with Gasteiger partial charge in [-0.15, -0.1) is 12.4 Å². The van der Waals surface area contributed by atoms with Gasteiger partial charge >= 0.3 is 0 Å².